The predicted molar refractivity (Wildman–Crippen MR) is 98.2 cm³/mol. The third-order valence-corrected chi connectivity index (χ3v) is 5.05. The summed E-state index contributed by atoms with van der Waals surface area (Å²) in [6, 6.07) is 10.9. The van der Waals surface area contributed by atoms with Crippen molar-refractivity contribution in [1.82, 2.24) is 15.8 Å². The second kappa shape index (κ2) is 6.70. The number of hydrogen-bond donors (Lipinski definition) is 2. The maximum Gasteiger partial charge on any atom is 0.279 e. The van der Waals surface area contributed by atoms with Gasteiger partial charge in [-0.1, -0.05) is 11.6 Å². The number of hydrogen-bond acceptors (Lipinski definition) is 4. The topological polar surface area (TPSA) is 71.1 Å². The Bertz CT molecular complexity index is 952. The number of benzene rings is 1. The van der Waals surface area contributed by atoms with Crippen LogP contribution in [0.25, 0.3) is 10.9 Å². The Morgan fingerprint density at radius 1 is 1.04 bits per heavy atom. The summed E-state index contributed by atoms with van der Waals surface area (Å²) in [5.74, 6) is -0.731. The van der Waals surface area contributed by atoms with E-state index in [4.69, 9.17) is 0 Å². The van der Waals surface area contributed by atoms with Gasteiger partial charge in [0, 0.05) is 11.1 Å². The van der Waals surface area contributed by atoms with Gasteiger partial charge in [-0.25, -0.2) is 0 Å². The van der Waals surface area contributed by atoms with Gasteiger partial charge in [-0.2, -0.15) is 0 Å². The van der Waals surface area contributed by atoms with Gasteiger partial charge < -0.3 is 0 Å². The van der Waals surface area contributed by atoms with Gasteiger partial charge in [-0.15, -0.1) is 11.3 Å². The summed E-state index contributed by atoms with van der Waals surface area (Å²) in [4.78, 5) is 29.5. The average Bonchev–Trinajstić information content (AvgIpc) is 2.98. The molecule has 0 bridgehead atoms. The van der Waals surface area contributed by atoms with Crippen LogP contribution < -0.4 is 10.9 Å². The van der Waals surface area contributed by atoms with Crippen LogP contribution >= 0.6 is 27.3 Å². The normalized spacial score (nSPS) is 10.6. The number of aryl methyl sites for hydroxylation is 2. The molecule has 122 valence electrons. The summed E-state index contributed by atoms with van der Waals surface area (Å²) in [6.07, 6.45) is 0. The summed E-state index contributed by atoms with van der Waals surface area (Å²) in [5, 5.41) is 0.756. The zero-order valence-electron chi connectivity index (χ0n) is 13.0. The van der Waals surface area contributed by atoms with E-state index in [-0.39, 0.29) is 11.8 Å². The van der Waals surface area contributed by atoms with Crippen molar-refractivity contribution in [3.05, 3.63) is 61.9 Å². The van der Waals surface area contributed by atoms with E-state index in [1.807, 2.05) is 32.0 Å². The number of amides is 2. The van der Waals surface area contributed by atoms with E-state index in [0.29, 0.717) is 10.4 Å². The molecule has 3 rings (SSSR count). The minimum atomic E-state index is -0.375. The fourth-order valence-electron chi connectivity index (χ4n) is 2.34. The lowest BCUT2D eigenvalue weighted by atomic mass is 10.0. The van der Waals surface area contributed by atoms with Crippen molar-refractivity contribution < 1.29 is 9.59 Å². The third-order valence-electron chi connectivity index (χ3n) is 3.42. The number of carbonyl (C=O) groups is 2. The maximum atomic E-state index is 12.5. The van der Waals surface area contributed by atoms with E-state index < -0.39 is 0 Å². The number of thiophene rings is 1. The third kappa shape index (κ3) is 3.47. The molecule has 0 aliphatic rings. The monoisotopic (exact) mass is 403 g/mol. The van der Waals surface area contributed by atoms with Gasteiger partial charge in [-0.3, -0.25) is 25.4 Å². The summed E-state index contributed by atoms with van der Waals surface area (Å²) >= 11 is 4.60. The van der Waals surface area contributed by atoms with Crippen molar-refractivity contribution >= 4 is 50.0 Å². The minimum Gasteiger partial charge on any atom is -0.267 e. The standard InChI is InChI=1S/C17H14BrN3O2S/c1-9-3-4-13-11(7-9)12(8-10(2)19-13)16(22)20-21-17(23)14-5-6-15(18)24-14/h3-8H,1-2H3,(H,20,22)(H,21,23). The van der Waals surface area contributed by atoms with E-state index >= 15 is 0 Å². The predicted octanol–water partition coefficient (Wildman–Crippen LogP) is 3.75. The molecule has 0 atom stereocenters. The number of nitrogens with one attached hydrogen (secondary N) is 2. The number of hydrazine groups is 1. The quantitative estimate of drug-likeness (QED) is 0.640. The van der Waals surface area contributed by atoms with Crippen LogP contribution in [-0.2, 0) is 0 Å². The van der Waals surface area contributed by atoms with Crippen LogP contribution in [0.5, 0.6) is 0 Å². The molecule has 1 aromatic carbocycles. The van der Waals surface area contributed by atoms with Crippen LogP contribution in [0.4, 0.5) is 0 Å². The molecule has 0 aliphatic carbocycles. The molecule has 24 heavy (non-hydrogen) atoms. The van der Waals surface area contributed by atoms with Gasteiger partial charge in [0.1, 0.15) is 0 Å². The van der Waals surface area contributed by atoms with Crippen LogP contribution in [0.1, 0.15) is 31.3 Å². The lowest BCUT2D eigenvalue weighted by Gasteiger charge is -2.10. The Kier molecular flexibility index (Phi) is 4.64. The van der Waals surface area contributed by atoms with Gasteiger partial charge in [0.2, 0.25) is 0 Å². The minimum absolute atomic E-state index is 0.356. The van der Waals surface area contributed by atoms with Gasteiger partial charge in [0.15, 0.2) is 0 Å². The van der Waals surface area contributed by atoms with E-state index in [1.54, 1.807) is 18.2 Å². The van der Waals surface area contributed by atoms with E-state index in [2.05, 4.69) is 31.8 Å². The first-order valence-corrected chi connectivity index (χ1v) is 8.79. The number of nitrogens with zero attached hydrogens (tertiary/aromatic N) is 1. The molecule has 0 aliphatic heterocycles. The van der Waals surface area contributed by atoms with Gasteiger partial charge in [-0.05, 0) is 60.1 Å². The fraction of sp³-hybridized carbons (Fsp3) is 0.118. The van der Waals surface area contributed by atoms with Gasteiger partial charge in [0.05, 0.1) is 19.7 Å². The molecule has 0 unspecified atom stereocenters. The number of fused-ring (bicyclic) bond motifs is 1. The molecule has 0 saturated heterocycles. The molecule has 0 saturated carbocycles. The Labute approximate surface area is 151 Å². The number of aromatic nitrogens is 1. The number of carbonyl (C=O) groups excluding carboxylic acids is 2. The van der Waals surface area contributed by atoms with Gasteiger partial charge in [0.25, 0.3) is 11.8 Å². The second-order valence-corrected chi connectivity index (χ2v) is 7.81. The molecule has 2 aromatic heterocycles. The molecule has 2 N–H and O–H groups in total. The van der Waals surface area contributed by atoms with Crippen LogP contribution in [-0.4, -0.2) is 16.8 Å². The van der Waals surface area contributed by atoms with Crippen molar-refractivity contribution in [2.24, 2.45) is 0 Å². The summed E-state index contributed by atoms with van der Waals surface area (Å²) in [7, 11) is 0. The second-order valence-electron chi connectivity index (χ2n) is 5.34. The highest BCUT2D eigenvalue weighted by Crippen LogP contribution is 2.22. The average molecular weight is 404 g/mol. The molecule has 5 nitrogen and oxygen atoms in total. The van der Waals surface area contributed by atoms with E-state index in [0.717, 1.165) is 25.9 Å². The Balaban J connectivity index is 1.83. The van der Waals surface area contributed by atoms with Gasteiger partial charge >= 0.3 is 0 Å². The van der Waals surface area contributed by atoms with Crippen LogP contribution in [0.15, 0.2) is 40.2 Å². The SMILES string of the molecule is Cc1ccc2nc(C)cc(C(=O)NNC(=O)c3ccc(Br)s3)c2c1. The van der Waals surface area contributed by atoms with E-state index in [9.17, 15) is 9.59 Å². The molecule has 7 heteroatoms. The Morgan fingerprint density at radius 2 is 1.79 bits per heavy atom. The first-order chi connectivity index (χ1) is 11.4. The molecular formula is C17H14BrN3O2S. The van der Waals surface area contributed by atoms with Crippen molar-refractivity contribution in [2.45, 2.75) is 13.8 Å². The smallest absolute Gasteiger partial charge is 0.267 e. The highest BCUT2D eigenvalue weighted by molar-refractivity contribution is 9.11. The molecule has 3 aromatic rings. The summed E-state index contributed by atoms with van der Waals surface area (Å²) < 4.78 is 0.852. The number of pyridine rings is 1. The zero-order chi connectivity index (χ0) is 17.3. The lowest BCUT2D eigenvalue weighted by molar-refractivity contribution is 0.0849. The Morgan fingerprint density at radius 3 is 2.50 bits per heavy atom. The van der Waals surface area contributed by atoms with Crippen LogP contribution in [0.2, 0.25) is 0 Å². The first-order valence-electron chi connectivity index (χ1n) is 7.18. The fourth-order valence-corrected chi connectivity index (χ4v) is 3.62. The Hall–Kier alpha value is -2.25. The van der Waals surface area contributed by atoms with Crippen LogP contribution in [0, 0.1) is 13.8 Å². The van der Waals surface area contributed by atoms with Crippen molar-refractivity contribution in [2.75, 3.05) is 0 Å². The molecular weight excluding hydrogens is 390 g/mol. The highest BCUT2D eigenvalue weighted by atomic mass is 79.9. The van der Waals surface area contributed by atoms with Crippen molar-refractivity contribution in [3.63, 3.8) is 0 Å². The first kappa shape index (κ1) is 16.6. The lowest BCUT2D eigenvalue weighted by Crippen LogP contribution is -2.41. The molecule has 0 spiro atoms. The highest BCUT2D eigenvalue weighted by Gasteiger charge is 2.14. The van der Waals surface area contributed by atoms with E-state index in [1.165, 1.54) is 11.3 Å². The number of halogens is 1. The summed E-state index contributed by atoms with van der Waals surface area (Å²) in [5.41, 5.74) is 7.92. The maximum absolute atomic E-state index is 12.5. The zero-order valence-corrected chi connectivity index (χ0v) is 15.4. The summed E-state index contributed by atoms with van der Waals surface area (Å²) in [6.45, 7) is 3.79. The largest absolute Gasteiger partial charge is 0.279 e. The molecule has 2 heterocycles. The molecule has 0 radical (unpaired) electrons. The molecule has 0 fully saturated rings. The van der Waals surface area contributed by atoms with Crippen molar-refractivity contribution in [1.29, 1.82) is 0 Å². The van der Waals surface area contributed by atoms with Crippen molar-refractivity contribution in [3.8, 4) is 0 Å². The van der Waals surface area contributed by atoms with Crippen LogP contribution in [0.3, 0.4) is 0 Å². The molecule has 2 amide bonds. The number of rotatable bonds is 2.